The average Bonchev–Trinajstić information content (AvgIpc) is 1.83. The van der Waals surface area contributed by atoms with Crippen LogP contribution in [0.15, 0.2) is 11.9 Å². The van der Waals surface area contributed by atoms with Gasteiger partial charge in [-0.3, -0.25) is 4.79 Å². The Bertz CT molecular complexity index is 119. The van der Waals surface area contributed by atoms with E-state index in [-0.39, 0.29) is 6.29 Å². The molecule has 0 N–H and O–H groups in total. The minimum Gasteiger partial charge on any atom is -0.295 e. The first-order valence-corrected chi connectivity index (χ1v) is 2.25. The molecule has 52 valence electrons. The van der Waals surface area contributed by atoms with E-state index >= 15 is 0 Å². The van der Waals surface area contributed by atoms with Gasteiger partial charge in [0, 0.05) is 6.42 Å². The van der Waals surface area contributed by atoms with Gasteiger partial charge in [0.1, 0.15) is 0 Å². The van der Waals surface area contributed by atoms with Crippen LogP contribution in [0.1, 0.15) is 6.42 Å². The van der Waals surface area contributed by atoms with Gasteiger partial charge in [0.05, 0.1) is 0 Å². The number of allylic oxidation sites excluding steroid dienone is 2. The summed E-state index contributed by atoms with van der Waals surface area (Å²) >= 11 is 0. The van der Waals surface area contributed by atoms with Crippen LogP contribution in [0, 0.1) is 0 Å². The van der Waals surface area contributed by atoms with E-state index in [9.17, 15) is 18.0 Å². The minimum absolute atomic E-state index is 0.109. The maximum atomic E-state index is 11.7. The van der Waals surface area contributed by atoms with E-state index < -0.39 is 18.7 Å². The first-order chi connectivity index (χ1) is 4.16. The molecule has 0 aromatic rings. The summed E-state index contributed by atoms with van der Waals surface area (Å²) in [5.74, 6) is -1.14. The maximum Gasteiger partial charge on any atom is 0.242 e. The number of hydrogen-bond acceptors (Lipinski definition) is 1. The fourth-order valence-corrected chi connectivity index (χ4v) is 0.250. The number of carbonyl (C=O) groups excluding carboxylic acids is 1. The Hall–Kier alpha value is -0.800. The number of carbonyl (C=O) groups is 1. The first kappa shape index (κ1) is 8.20. The van der Waals surface area contributed by atoms with Gasteiger partial charge < -0.3 is 0 Å². The van der Waals surface area contributed by atoms with Gasteiger partial charge >= 0.3 is 0 Å². The van der Waals surface area contributed by atoms with E-state index in [1.807, 2.05) is 0 Å². The van der Waals surface area contributed by atoms with Gasteiger partial charge in [-0.1, -0.05) is 0 Å². The number of hydrogen-bond donors (Lipinski definition) is 0. The van der Waals surface area contributed by atoms with Gasteiger partial charge in [-0.25, -0.2) is 13.2 Å². The third-order valence-corrected chi connectivity index (χ3v) is 0.604. The molecule has 0 aliphatic heterocycles. The SMILES string of the molecule is O=CC(F)=CCC(F)F. The van der Waals surface area contributed by atoms with Crippen molar-refractivity contribution < 1.29 is 18.0 Å². The molecule has 0 aromatic heterocycles. The van der Waals surface area contributed by atoms with Crippen molar-refractivity contribution in [3.05, 3.63) is 11.9 Å². The molecule has 0 heterocycles. The Kier molecular flexibility index (Phi) is 3.75. The van der Waals surface area contributed by atoms with E-state index in [2.05, 4.69) is 0 Å². The van der Waals surface area contributed by atoms with Crippen molar-refractivity contribution in [2.75, 3.05) is 0 Å². The first-order valence-electron chi connectivity index (χ1n) is 2.25. The highest BCUT2D eigenvalue weighted by Gasteiger charge is 1.99. The van der Waals surface area contributed by atoms with Crippen molar-refractivity contribution in [2.45, 2.75) is 12.8 Å². The van der Waals surface area contributed by atoms with E-state index in [1.54, 1.807) is 0 Å². The van der Waals surface area contributed by atoms with Crippen molar-refractivity contribution in [2.24, 2.45) is 0 Å². The van der Waals surface area contributed by atoms with Gasteiger partial charge in [0.2, 0.25) is 6.43 Å². The van der Waals surface area contributed by atoms with Gasteiger partial charge in [-0.15, -0.1) is 0 Å². The average molecular weight is 138 g/mol. The molecule has 0 aliphatic rings. The molecule has 0 aliphatic carbocycles. The fourth-order valence-electron chi connectivity index (χ4n) is 0.250. The number of halogens is 3. The molecule has 0 saturated carbocycles. The molecule has 9 heavy (non-hydrogen) atoms. The van der Waals surface area contributed by atoms with Crippen LogP contribution in [0.3, 0.4) is 0 Å². The third kappa shape index (κ3) is 5.06. The number of rotatable bonds is 3. The van der Waals surface area contributed by atoms with Crippen molar-refractivity contribution in [1.82, 2.24) is 0 Å². The van der Waals surface area contributed by atoms with Gasteiger partial charge in [0.15, 0.2) is 12.1 Å². The normalized spacial score (nSPS) is 12.2. The summed E-state index contributed by atoms with van der Waals surface area (Å²) in [5.41, 5.74) is 0. The summed E-state index contributed by atoms with van der Waals surface area (Å²) in [6.45, 7) is 0. The second-order valence-electron chi connectivity index (χ2n) is 1.33. The summed E-state index contributed by atoms with van der Waals surface area (Å²) in [4.78, 5) is 9.43. The minimum atomic E-state index is -2.59. The largest absolute Gasteiger partial charge is 0.295 e. The predicted octanol–water partition coefficient (Wildman–Crippen LogP) is 1.69. The molecule has 1 nitrogen and oxygen atoms in total. The Morgan fingerprint density at radius 2 is 2.11 bits per heavy atom. The molecule has 0 amide bonds. The third-order valence-electron chi connectivity index (χ3n) is 0.604. The molecule has 4 heteroatoms. The summed E-state index contributed by atoms with van der Waals surface area (Å²) in [7, 11) is 0. The van der Waals surface area contributed by atoms with Crippen LogP contribution in [-0.4, -0.2) is 12.7 Å². The molecule has 0 fully saturated rings. The molecule has 0 unspecified atom stereocenters. The van der Waals surface area contributed by atoms with Crippen LogP contribution in [0.4, 0.5) is 13.2 Å². The molecule has 0 saturated heterocycles. The smallest absolute Gasteiger partial charge is 0.242 e. The van der Waals surface area contributed by atoms with Crippen LogP contribution in [0.5, 0.6) is 0 Å². The lowest BCUT2D eigenvalue weighted by atomic mass is 10.4. The fraction of sp³-hybridized carbons (Fsp3) is 0.400. The van der Waals surface area contributed by atoms with Crippen LogP contribution in [-0.2, 0) is 4.79 Å². The lowest BCUT2D eigenvalue weighted by molar-refractivity contribution is -0.106. The summed E-state index contributed by atoms with van der Waals surface area (Å²) < 4.78 is 34.1. The zero-order chi connectivity index (χ0) is 7.28. The van der Waals surface area contributed by atoms with Crippen LogP contribution < -0.4 is 0 Å². The van der Waals surface area contributed by atoms with Gasteiger partial charge in [0.25, 0.3) is 0 Å². The predicted molar refractivity (Wildman–Crippen MR) is 25.9 cm³/mol. The molecule has 0 bridgehead atoms. The second-order valence-corrected chi connectivity index (χ2v) is 1.33. The van der Waals surface area contributed by atoms with Crippen LogP contribution in [0.2, 0.25) is 0 Å². The highest BCUT2D eigenvalue weighted by molar-refractivity contribution is 5.69. The van der Waals surface area contributed by atoms with Gasteiger partial charge in [-0.05, 0) is 6.08 Å². The zero-order valence-electron chi connectivity index (χ0n) is 4.48. The molecule has 0 radical (unpaired) electrons. The topological polar surface area (TPSA) is 17.1 Å². The summed E-state index contributed by atoms with van der Waals surface area (Å²) in [6, 6.07) is 0. The molecular weight excluding hydrogens is 133 g/mol. The van der Waals surface area contributed by atoms with Crippen molar-refractivity contribution in [3.8, 4) is 0 Å². The lowest BCUT2D eigenvalue weighted by Gasteiger charge is -1.87. The molecular formula is C5H5F3O. The van der Waals surface area contributed by atoms with Crippen molar-refractivity contribution in [3.63, 3.8) is 0 Å². The van der Waals surface area contributed by atoms with Crippen LogP contribution in [0.25, 0.3) is 0 Å². The Balaban J connectivity index is 3.56. The van der Waals surface area contributed by atoms with E-state index in [1.165, 1.54) is 0 Å². The molecule has 0 rings (SSSR count). The number of alkyl halides is 2. The highest BCUT2D eigenvalue weighted by atomic mass is 19.3. The quantitative estimate of drug-likeness (QED) is 0.428. The molecule has 0 spiro atoms. The summed E-state index contributed by atoms with van der Waals surface area (Å²) in [6.07, 6.45) is -2.85. The molecule has 0 atom stereocenters. The number of aldehydes is 1. The maximum absolute atomic E-state index is 11.7. The standard InChI is InChI=1S/C5H5F3O/c6-4(3-9)1-2-5(7)8/h1,3,5H,2H2. The Morgan fingerprint density at radius 1 is 1.56 bits per heavy atom. The Morgan fingerprint density at radius 3 is 2.44 bits per heavy atom. The molecule has 0 aromatic carbocycles. The highest BCUT2D eigenvalue weighted by Crippen LogP contribution is 2.02. The monoisotopic (exact) mass is 138 g/mol. The van der Waals surface area contributed by atoms with Crippen LogP contribution >= 0.6 is 0 Å². The van der Waals surface area contributed by atoms with E-state index in [4.69, 9.17) is 0 Å². The van der Waals surface area contributed by atoms with E-state index in [0.29, 0.717) is 6.08 Å². The van der Waals surface area contributed by atoms with Gasteiger partial charge in [-0.2, -0.15) is 0 Å². The van der Waals surface area contributed by atoms with Crippen molar-refractivity contribution >= 4 is 6.29 Å². The van der Waals surface area contributed by atoms with E-state index in [0.717, 1.165) is 0 Å². The Labute approximate surface area is 50.2 Å². The lowest BCUT2D eigenvalue weighted by Crippen LogP contribution is -1.86. The van der Waals surface area contributed by atoms with Crippen molar-refractivity contribution in [1.29, 1.82) is 0 Å². The summed E-state index contributed by atoms with van der Waals surface area (Å²) in [5, 5.41) is 0. The second kappa shape index (κ2) is 4.12. The zero-order valence-corrected chi connectivity index (χ0v) is 4.48.